The molecular weight excluding hydrogens is 260 g/mol. The molecule has 1 N–H and O–H groups in total. The molecule has 0 spiro atoms. The molecule has 6 heteroatoms. The second-order valence-corrected chi connectivity index (χ2v) is 4.54. The summed E-state index contributed by atoms with van der Waals surface area (Å²) in [6.07, 6.45) is 0. The Bertz CT molecular complexity index is 415. The number of ether oxygens (including phenoxy) is 1. The van der Waals surface area contributed by atoms with E-state index in [1.807, 2.05) is 0 Å². The number of rotatable bonds is 6. The summed E-state index contributed by atoms with van der Waals surface area (Å²) in [5.74, 6) is -1.31. The van der Waals surface area contributed by atoms with E-state index in [1.165, 1.54) is 12.1 Å². The van der Waals surface area contributed by atoms with Gasteiger partial charge in [-0.15, -0.1) is 11.8 Å². The normalized spacial score (nSPS) is 12.2. The van der Waals surface area contributed by atoms with Gasteiger partial charge in [0.05, 0.1) is 6.61 Å². The molecule has 1 atom stereocenters. The van der Waals surface area contributed by atoms with Gasteiger partial charge in [0.15, 0.2) is 0 Å². The van der Waals surface area contributed by atoms with Gasteiger partial charge in [0, 0.05) is 16.7 Å². The largest absolute Gasteiger partial charge is 0.465 e. The number of nitrogens with one attached hydrogen (secondary N) is 1. The minimum Gasteiger partial charge on any atom is -0.465 e. The van der Waals surface area contributed by atoms with Crippen molar-refractivity contribution in [3.63, 3.8) is 0 Å². The van der Waals surface area contributed by atoms with Crippen LogP contribution in [-0.4, -0.2) is 31.4 Å². The van der Waals surface area contributed by atoms with Gasteiger partial charge in [-0.1, -0.05) is 0 Å². The number of likely N-dealkylation sites (N-methyl/N-ethyl adjacent to an activating group) is 1. The van der Waals surface area contributed by atoms with E-state index in [9.17, 15) is 13.6 Å². The van der Waals surface area contributed by atoms with Crippen molar-refractivity contribution in [3.8, 4) is 0 Å². The highest BCUT2D eigenvalue weighted by atomic mass is 32.2. The fraction of sp³-hybridized carbons (Fsp3) is 0.417. The monoisotopic (exact) mass is 275 g/mol. The summed E-state index contributed by atoms with van der Waals surface area (Å²) >= 11 is 1.14. The van der Waals surface area contributed by atoms with Crippen LogP contribution >= 0.6 is 11.8 Å². The van der Waals surface area contributed by atoms with Crippen LogP contribution in [0.15, 0.2) is 23.1 Å². The second-order valence-electron chi connectivity index (χ2n) is 3.48. The number of halogens is 2. The average Bonchev–Trinajstić information content (AvgIpc) is 2.32. The van der Waals surface area contributed by atoms with Crippen molar-refractivity contribution in [1.29, 1.82) is 0 Å². The van der Waals surface area contributed by atoms with E-state index >= 15 is 0 Å². The molecule has 0 fully saturated rings. The summed E-state index contributed by atoms with van der Waals surface area (Å²) in [5.41, 5.74) is 0. The van der Waals surface area contributed by atoms with Gasteiger partial charge in [0.2, 0.25) is 0 Å². The first kappa shape index (κ1) is 14.9. The molecule has 100 valence electrons. The lowest BCUT2D eigenvalue weighted by Crippen LogP contribution is -2.37. The Morgan fingerprint density at radius 3 is 2.78 bits per heavy atom. The van der Waals surface area contributed by atoms with Gasteiger partial charge < -0.3 is 10.1 Å². The summed E-state index contributed by atoms with van der Waals surface area (Å²) in [6, 6.07) is 2.85. The zero-order chi connectivity index (χ0) is 13.5. The molecule has 0 bridgehead atoms. The van der Waals surface area contributed by atoms with Gasteiger partial charge in [-0.2, -0.15) is 0 Å². The Morgan fingerprint density at radius 1 is 1.50 bits per heavy atom. The fourth-order valence-electron chi connectivity index (χ4n) is 1.28. The number of esters is 1. The number of thioether (sulfide) groups is 1. The molecule has 0 aliphatic carbocycles. The summed E-state index contributed by atoms with van der Waals surface area (Å²) in [6.45, 7) is 2.02. The number of hydrogen-bond donors (Lipinski definition) is 1. The van der Waals surface area contributed by atoms with Crippen LogP contribution in [0.3, 0.4) is 0 Å². The molecule has 1 aromatic carbocycles. The molecule has 1 unspecified atom stereocenters. The van der Waals surface area contributed by atoms with Crippen LogP contribution < -0.4 is 5.32 Å². The molecule has 0 heterocycles. The van der Waals surface area contributed by atoms with Crippen LogP contribution in [0.4, 0.5) is 8.78 Å². The molecule has 0 saturated heterocycles. The van der Waals surface area contributed by atoms with Crippen LogP contribution in [-0.2, 0) is 9.53 Å². The van der Waals surface area contributed by atoms with Crippen molar-refractivity contribution in [2.24, 2.45) is 0 Å². The summed E-state index contributed by atoms with van der Waals surface area (Å²) in [4.78, 5) is 11.8. The fourth-order valence-corrected chi connectivity index (χ4v) is 2.29. The SMILES string of the molecule is CCOC(=O)C(CSc1ccc(F)cc1F)NC. The Kier molecular flexibility index (Phi) is 6.07. The maximum Gasteiger partial charge on any atom is 0.323 e. The van der Waals surface area contributed by atoms with Gasteiger partial charge in [-0.05, 0) is 26.1 Å². The van der Waals surface area contributed by atoms with Crippen LogP contribution in [0.1, 0.15) is 6.92 Å². The third kappa shape index (κ3) is 4.27. The molecule has 0 aromatic heterocycles. The Balaban J connectivity index is 2.59. The standard InChI is InChI=1S/C12H15F2NO2S/c1-3-17-12(16)10(15-2)7-18-11-5-4-8(13)6-9(11)14/h4-6,10,15H,3,7H2,1-2H3. The third-order valence-corrected chi connectivity index (χ3v) is 3.36. The van der Waals surface area contributed by atoms with Crippen molar-refractivity contribution < 1.29 is 18.3 Å². The number of benzene rings is 1. The van der Waals surface area contributed by atoms with Crippen molar-refractivity contribution in [2.75, 3.05) is 19.4 Å². The van der Waals surface area contributed by atoms with Gasteiger partial charge >= 0.3 is 5.97 Å². The minimum atomic E-state index is -0.626. The highest BCUT2D eigenvalue weighted by Crippen LogP contribution is 2.23. The molecule has 0 amide bonds. The first-order valence-electron chi connectivity index (χ1n) is 5.50. The molecule has 0 aliphatic heterocycles. The van der Waals surface area contributed by atoms with Crippen molar-refractivity contribution in [2.45, 2.75) is 17.9 Å². The summed E-state index contributed by atoms with van der Waals surface area (Å²) < 4.78 is 30.9. The maximum atomic E-state index is 13.4. The maximum absolute atomic E-state index is 13.4. The van der Waals surface area contributed by atoms with Crippen molar-refractivity contribution in [1.82, 2.24) is 5.32 Å². The lowest BCUT2D eigenvalue weighted by Gasteiger charge is -2.14. The first-order valence-corrected chi connectivity index (χ1v) is 6.48. The quantitative estimate of drug-likeness (QED) is 0.638. The van der Waals surface area contributed by atoms with E-state index in [0.29, 0.717) is 17.3 Å². The molecule has 1 aromatic rings. The number of carbonyl (C=O) groups is 1. The average molecular weight is 275 g/mol. The zero-order valence-electron chi connectivity index (χ0n) is 10.2. The smallest absolute Gasteiger partial charge is 0.323 e. The lowest BCUT2D eigenvalue weighted by atomic mass is 10.3. The molecule has 0 aliphatic rings. The van der Waals surface area contributed by atoms with E-state index in [1.54, 1.807) is 14.0 Å². The van der Waals surface area contributed by atoms with Crippen molar-refractivity contribution in [3.05, 3.63) is 29.8 Å². The second kappa shape index (κ2) is 7.33. The molecule has 0 radical (unpaired) electrons. The molecular formula is C12H15F2NO2S. The highest BCUT2D eigenvalue weighted by Gasteiger charge is 2.18. The zero-order valence-corrected chi connectivity index (χ0v) is 11.0. The van der Waals surface area contributed by atoms with E-state index in [-0.39, 0.29) is 5.97 Å². The van der Waals surface area contributed by atoms with Crippen LogP contribution in [0.2, 0.25) is 0 Å². The summed E-state index contributed by atoms with van der Waals surface area (Å²) in [5, 5.41) is 2.80. The predicted molar refractivity (Wildman–Crippen MR) is 66.6 cm³/mol. The molecule has 3 nitrogen and oxygen atoms in total. The van der Waals surface area contributed by atoms with E-state index in [2.05, 4.69) is 5.32 Å². The Hall–Kier alpha value is -1.14. The van der Waals surface area contributed by atoms with Crippen LogP contribution in [0, 0.1) is 11.6 Å². The highest BCUT2D eigenvalue weighted by molar-refractivity contribution is 7.99. The van der Waals surface area contributed by atoms with E-state index in [0.717, 1.165) is 17.8 Å². The van der Waals surface area contributed by atoms with Crippen LogP contribution in [0.5, 0.6) is 0 Å². The number of carbonyl (C=O) groups excluding carboxylic acids is 1. The van der Waals surface area contributed by atoms with Gasteiger partial charge in [0.25, 0.3) is 0 Å². The lowest BCUT2D eigenvalue weighted by molar-refractivity contribution is -0.144. The van der Waals surface area contributed by atoms with E-state index in [4.69, 9.17) is 4.74 Å². The van der Waals surface area contributed by atoms with Crippen molar-refractivity contribution >= 4 is 17.7 Å². The third-order valence-electron chi connectivity index (χ3n) is 2.22. The van der Waals surface area contributed by atoms with Gasteiger partial charge in [-0.3, -0.25) is 4.79 Å². The Morgan fingerprint density at radius 2 is 2.22 bits per heavy atom. The molecule has 0 saturated carbocycles. The topological polar surface area (TPSA) is 38.3 Å². The Labute approximate surface area is 109 Å². The van der Waals surface area contributed by atoms with Gasteiger partial charge in [0.1, 0.15) is 17.7 Å². The first-order chi connectivity index (χ1) is 8.58. The minimum absolute atomic E-state index is 0.298. The summed E-state index contributed by atoms with van der Waals surface area (Å²) in [7, 11) is 1.63. The molecule has 1 rings (SSSR count). The van der Waals surface area contributed by atoms with Crippen LogP contribution in [0.25, 0.3) is 0 Å². The van der Waals surface area contributed by atoms with E-state index < -0.39 is 17.7 Å². The van der Waals surface area contributed by atoms with Gasteiger partial charge in [-0.25, -0.2) is 8.78 Å². The number of hydrogen-bond acceptors (Lipinski definition) is 4. The predicted octanol–water partition coefficient (Wildman–Crippen LogP) is 2.21. The molecule has 18 heavy (non-hydrogen) atoms.